The molecule has 0 bridgehead atoms. The maximum atomic E-state index is 5.66. The molecule has 0 saturated carbocycles. The minimum atomic E-state index is -0.156. The number of hydrogen-bond acceptors (Lipinski definition) is 3. The van der Waals surface area contributed by atoms with Crippen LogP contribution in [-0.4, -0.2) is 14.8 Å². The Morgan fingerprint density at radius 3 is 2.13 bits per heavy atom. The quantitative estimate of drug-likeness (QED) is 0.753. The van der Waals surface area contributed by atoms with E-state index in [2.05, 4.69) is 24.0 Å². The highest BCUT2D eigenvalue weighted by atomic mass is 15.3. The molecule has 4 nitrogen and oxygen atoms in total. The fourth-order valence-corrected chi connectivity index (χ4v) is 1.53. The zero-order chi connectivity index (χ0) is 10.9. The lowest BCUT2D eigenvalue weighted by Crippen LogP contribution is -2.26. The van der Waals surface area contributed by atoms with Gasteiger partial charge in [-0.3, -0.25) is 0 Å². The molecular weight excluding hydrogens is 188 g/mol. The van der Waals surface area contributed by atoms with E-state index >= 15 is 0 Å². The van der Waals surface area contributed by atoms with Crippen LogP contribution in [0.15, 0.2) is 36.9 Å². The summed E-state index contributed by atoms with van der Waals surface area (Å²) in [6.45, 7) is 4.23. The fourth-order valence-electron chi connectivity index (χ4n) is 1.53. The van der Waals surface area contributed by atoms with Gasteiger partial charge in [0.15, 0.2) is 0 Å². The lowest BCUT2D eigenvalue weighted by Gasteiger charge is -2.26. The molecule has 2 aromatic rings. The van der Waals surface area contributed by atoms with Crippen LogP contribution < -0.4 is 5.73 Å². The first kappa shape index (κ1) is 9.71. The molecule has 4 heteroatoms. The Kier molecular flexibility index (Phi) is 2.19. The van der Waals surface area contributed by atoms with Gasteiger partial charge in [0.25, 0.3) is 0 Å². The number of nitrogens with zero attached hydrogens (tertiary/aromatic N) is 3. The van der Waals surface area contributed by atoms with Crippen LogP contribution in [0.5, 0.6) is 0 Å². The summed E-state index contributed by atoms with van der Waals surface area (Å²) in [4.78, 5) is 0. The van der Waals surface area contributed by atoms with Gasteiger partial charge in [-0.05, 0) is 31.5 Å². The van der Waals surface area contributed by atoms with Gasteiger partial charge >= 0.3 is 0 Å². The van der Waals surface area contributed by atoms with Crippen molar-refractivity contribution in [1.29, 1.82) is 0 Å². The van der Waals surface area contributed by atoms with Gasteiger partial charge in [0, 0.05) is 5.69 Å². The standard InChI is InChI=1S/C11H14N4/c1-11(2,15-7-13-14-8-15)9-3-5-10(12)6-4-9/h3-8H,12H2,1-2H3. The summed E-state index contributed by atoms with van der Waals surface area (Å²) in [6.07, 6.45) is 3.44. The maximum absolute atomic E-state index is 5.66. The second-order valence-corrected chi connectivity index (χ2v) is 4.05. The number of anilines is 1. The molecule has 2 N–H and O–H groups in total. The van der Waals surface area contributed by atoms with E-state index < -0.39 is 0 Å². The Morgan fingerprint density at radius 1 is 1.07 bits per heavy atom. The van der Waals surface area contributed by atoms with Crippen molar-refractivity contribution in [1.82, 2.24) is 14.8 Å². The third kappa shape index (κ3) is 1.70. The number of aromatic nitrogens is 3. The maximum Gasteiger partial charge on any atom is 0.120 e. The van der Waals surface area contributed by atoms with Gasteiger partial charge in [-0.2, -0.15) is 0 Å². The van der Waals surface area contributed by atoms with Gasteiger partial charge in [0.2, 0.25) is 0 Å². The van der Waals surface area contributed by atoms with E-state index in [1.165, 1.54) is 5.56 Å². The topological polar surface area (TPSA) is 56.7 Å². The molecule has 15 heavy (non-hydrogen) atoms. The van der Waals surface area contributed by atoms with E-state index in [4.69, 9.17) is 5.73 Å². The van der Waals surface area contributed by atoms with Gasteiger partial charge in [0.05, 0.1) is 5.54 Å². The number of benzene rings is 1. The van der Waals surface area contributed by atoms with Crippen molar-refractivity contribution in [3.05, 3.63) is 42.5 Å². The number of rotatable bonds is 2. The second kappa shape index (κ2) is 3.38. The minimum Gasteiger partial charge on any atom is -0.399 e. The van der Waals surface area contributed by atoms with Gasteiger partial charge in [0.1, 0.15) is 12.7 Å². The minimum absolute atomic E-state index is 0.156. The molecule has 0 aliphatic carbocycles. The number of nitrogens with two attached hydrogens (primary N) is 1. The highest BCUT2D eigenvalue weighted by Gasteiger charge is 2.22. The summed E-state index contributed by atoms with van der Waals surface area (Å²) in [5.41, 5.74) is 7.46. The SMILES string of the molecule is CC(C)(c1ccc(N)cc1)n1cnnc1. The van der Waals surface area contributed by atoms with Crippen LogP contribution in [-0.2, 0) is 5.54 Å². The van der Waals surface area contributed by atoms with Gasteiger partial charge < -0.3 is 10.3 Å². The summed E-state index contributed by atoms with van der Waals surface area (Å²) in [5.74, 6) is 0. The molecule has 1 aromatic heterocycles. The summed E-state index contributed by atoms with van der Waals surface area (Å²) in [6, 6.07) is 7.85. The lowest BCUT2D eigenvalue weighted by molar-refractivity contribution is 0.434. The predicted molar refractivity (Wildman–Crippen MR) is 59.3 cm³/mol. The molecule has 0 saturated heterocycles. The van der Waals surface area contributed by atoms with Crippen molar-refractivity contribution in [2.75, 3.05) is 5.73 Å². The van der Waals surface area contributed by atoms with Crippen LogP contribution in [0.4, 0.5) is 5.69 Å². The molecule has 0 fully saturated rings. The first-order valence-corrected chi connectivity index (χ1v) is 4.82. The highest BCUT2D eigenvalue weighted by Crippen LogP contribution is 2.25. The summed E-state index contributed by atoms with van der Waals surface area (Å²) in [7, 11) is 0. The third-order valence-corrected chi connectivity index (χ3v) is 2.68. The first-order valence-electron chi connectivity index (χ1n) is 4.82. The Bertz CT molecular complexity index is 428. The summed E-state index contributed by atoms with van der Waals surface area (Å²) >= 11 is 0. The lowest BCUT2D eigenvalue weighted by atomic mass is 9.94. The van der Waals surface area contributed by atoms with E-state index in [0.29, 0.717) is 0 Å². The molecule has 0 amide bonds. The van der Waals surface area contributed by atoms with Crippen molar-refractivity contribution in [3.63, 3.8) is 0 Å². The molecule has 1 aromatic carbocycles. The van der Waals surface area contributed by atoms with Crippen LogP contribution in [0.3, 0.4) is 0 Å². The van der Waals surface area contributed by atoms with E-state index in [0.717, 1.165) is 5.69 Å². The van der Waals surface area contributed by atoms with E-state index in [1.807, 2.05) is 28.8 Å². The van der Waals surface area contributed by atoms with Crippen LogP contribution in [0.2, 0.25) is 0 Å². The third-order valence-electron chi connectivity index (χ3n) is 2.68. The Hall–Kier alpha value is -1.84. The fraction of sp³-hybridized carbons (Fsp3) is 0.273. The normalized spacial score (nSPS) is 11.6. The molecule has 78 valence electrons. The summed E-state index contributed by atoms with van der Waals surface area (Å²) < 4.78 is 1.97. The predicted octanol–water partition coefficient (Wildman–Crippen LogP) is 1.64. The molecule has 0 aliphatic rings. The molecule has 0 unspecified atom stereocenters. The van der Waals surface area contributed by atoms with Crippen LogP contribution >= 0.6 is 0 Å². The second-order valence-electron chi connectivity index (χ2n) is 4.05. The molecule has 0 atom stereocenters. The molecular formula is C11H14N4. The zero-order valence-corrected chi connectivity index (χ0v) is 8.88. The number of nitrogen functional groups attached to an aromatic ring is 1. The average molecular weight is 202 g/mol. The van der Waals surface area contributed by atoms with Gasteiger partial charge in [-0.1, -0.05) is 12.1 Å². The Morgan fingerprint density at radius 2 is 1.60 bits per heavy atom. The van der Waals surface area contributed by atoms with Crippen molar-refractivity contribution in [2.24, 2.45) is 0 Å². The zero-order valence-electron chi connectivity index (χ0n) is 8.88. The van der Waals surface area contributed by atoms with Crippen molar-refractivity contribution >= 4 is 5.69 Å². The molecule has 0 spiro atoms. The summed E-state index contributed by atoms with van der Waals surface area (Å²) in [5, 5.41) is 7.64. The Balaban J connectivity index is 2.41. The smallest absolute Gasteiger partial charge is 0.120 e. The van der Waals surface area contributed by atoms with E-state index in [1.54, 1.807) is 12.7 Å². The van der Waals surface area contributed by atoms with Gasteiger partial charge in [-0.15, -0.1) is 10.2 Å². The molecule has 1 heterocycles. The monoisotopic (exact) mass is 202 g/mol. The van der Waals surface area contributed by atoms with Gasteiger partial charge in [-0.25, -0.2) is 0 Å². The Labute approximate surface area is 88.8 Å². The average Bonchev–Trinajstić information content (AvgIpc) is 2.71. The molecule has 0 radical (unpaired) electrons. The largest absolute Gasteiger partial charge is 0.399 e. The van der Waals surface area contributed by atoms with E-state index in [9.17, 15) is 0 Å². The van der Waals surface area contributed by atoms with E-state index in [-0.39, 0.29) is 5.54 Å². The van der Waals surface area contributed by atoms with Crippen LogP contribution in [0.25, 0.3) is 0 Å². The number of hydrogen-bond donors (Lipinski definition) is 1. The van der Waals surface area contributed by atoms with Crippen molar-refractivity contribution in [3.8, 4) is 0 Å². The molecule has 2 rings (SSSR count). The molecule has 0 aliphatic heterocycles. The first-order chi connectivity index (χ1) is 7.10. The van der Waals surface area contributed by atoms with Crippen LogP contribution in [0, 0.1) is 0 Å². The van der Waals surface area contributed by atoms with Crippen molar-refractivity contribution < 1.29 is 0 Å². The van der Waals surface area contributed by atoms with Crippen molar-refractivity contribution in [2.45, 2.75) is 19.4 Å². The highest BCUT2D eigenvalue weighted by molar-refractivity contribution is 5.41. The van der Waals surface area contributed by atoms with Crippen LogP contribution in [0.1, 0.15) is 19.4 Å².